The number of aromatic amines is 2. The van der Waals surface area contributed by atoms with Gasteiger partial charge in [-0.25, -0.2) is 4.98 Å². The molecule has 5 heterocycles. The number of nitrogens with one attached hydrogen (secondary N) is 3. The van der Waals surface area contributed by atoms with Crippen molar-refractivity contribution in [3.05, 3.63) is 59.9 Å². The van der Waals surface area contributed by atoms with E-state index in [9.17, 15) is 4.79 Å². The number of rotatable bonds is 6. The molecule has 0 bridgehead atoms. The van der Waals surface area contributed by atoms with Crippen molar-refractivity contribution in [1.29, 1.82) is 0 Å². The van der Waals surface area contributed by atoms with Crippen LogP contribution in [0.15, 0.2) is 49.3 Å². The van der Waals surface area contributed by atoms with E-state index in [2.05, 4.69) is 58.5 Å². The topological polar surface area (TPSA) is 115 Å². The molecule has 6 rings (SSSR count). The summed E-state index contributed by atoms with van der Waals surface area (Å²) in [6.07, 6.45) is 8.97. The molecular formula is C23H23AsN8OS. The molecule has 0 saturated carbocycles. The van der Waals surface area contributed by atoms with E-state index < -0.39 is 15.8 Å². The van der Waals surface area contributed by atoms with Crippen LogP contribution in [0.5, 0.6) is 0 Å². The number of carbonyl (C=O) groups excluding carboxylic acids is 1. The summed E-state index contributed by atoms with van der Waals surface area (Å²) in [7, 11) is 0. The fraction of sp³-hybridized carbons (Fsp3) is 0.261. The first kappa shape index (κ1) is 21.5. The Balaban J connectivity index is 1.13. The number of amides is 1. The van der Waals surface area contributed by atoms with Crippen LogP contribution in [0.25, 0.3) is 21.1 Å². The van der Waals surface area contributed by atoms with E-state index in [1.54, 1.807) is 12.7 Å². The molecule has 1 atom stereocenters. The van der Waals surface area contributed by atoms with E-state index in [0.29, 0.717) is 4.88 Å². The molecule has 0 aliphatic carbocycles. The van der Waals surface area contributed by atoms with Gasteiger partial charge in [0.1, 0.15) is 0 Å². The number of fused-ring (bicyclic) bond motifs is 2. The number of benzene rings is 1. The van der Waals surface area contributed by atoms with Gasteiger partial charge in [-0.05, 0) is 0 Å². The monoisotopic (exact) mass is 534 g/mol. The second-order valence-electron chi connectivity index (χ2n) is 8.43. The predicted molar refractivity (Wildman–Crippen MR) is 134 cm³/mol. The van der Waals surface area contributed by atoms with Crippen LogP contribution < -0.4 is 14.1 Å². The quantitative estimate of drug-likeness (QED) is 0.281. The van der Waals surface area contributed by atoms with E-state index in [1.807, 2.05) is 18.5 Å². The first-order chi connectivity index (χ1) is 16.7. The first-order valence-corrected chi connectivity index (χ1v) is 14.1. The normalized spacial score (nSPS) is 15.6. The van der Waals surface area contributed by atoms with Crippen LogP contribution in [-0.2, 0) is 6.54 Å². The van der Waals surface area contributed by atoms with Crippen LogP contribution >= 0.6 is 11.3 Å². The summed E-state index contributed by atoms with van der Waals surface area (Å²) >= 11 is 0.771. The number of hydrogen-bond donors (Lipinski definition) is 3. The Morgan fingerprint density at radius 1 is 1.21 bits per heavy atom. The van der Waals surface area contributed by atoms with Crippen LogP contribution in [-0.4, -0.2) is 75.8 Å². The molecule has 1 aliphatic rings. The van der Waals surface area contributed by atoms with Gasteiger partial charge in [0.2, 0.25) is 0 Å². The molecule has 9 nitrogen and oxygen atoms in total. The maximum atomic E-state index is 13.0. The molecule has 1 fully saturated rings. The molecule has 1 amide bonds. The predicted octanol–water partition coefficient (Wildman–Crippen LogP) is 1.07. The summed E-state index contributed by atoms with van der Waals surface area (Å²) in [4.78, 5) is 33.3. The SMILES string of the molecule is O=C(NC1CCN(Cc2c[nH]cn2)CC1)c1cc2c([AsH]c3ccc4cn[nH]c4c3)ncnc2s1. The van der Waals surface area contributed by atoms with E-state index in [4.69, 9.17) is 0 Å². The van der Waals surface area contributed by atoms with Gasteiger partial charge in [-0.15, -0.1) is 0 Å². The second kappa shape index (κ2) is 9.29. The standard InChI is InChI=1S/C23H23AsN8OS/c33-22(30-16-3-5-32(6-4-16)11-17-10-25-12-26-17)20-8-18-21(27-13-28-23(18)34-20)24-15-2-1-14-9-29-31-19(14)7-15/h1-2,7-10,12-13,16,24H,3-6,11H2,(H,25,26)(H,29,31)(H,30,33). The molecule has 3 N–H and O–H groups in total. The van der Waals surface area contributed by atoms with Crippen LogP contribution in [0, 0.1) is 0 Å². The molecule has 172 valence electrons. The number of carbonyl (C=O) groups is 1. The minimum absolute atomic E-state index is 0.0152. The van der Waals surface area contributed by atoms with Crippen LogP contribution in [0.3, 0.4) is 0 Å². The number of nitrogens with zero attached hydrogens (tertiary/aromatic N) is 5. The number of imidazole rings is 1. The van der Waals surface area contributed by atoms with Gasteiger partial charge in [-0.1, -0.05) is 0 Å². The molecule has 11 heteroatoms. The summed E-state index contributed by atoms with van der Waals surface area (Å²) in [5, 5.41) is 12.5. The first-order valence-electron chi connectivity index (χ1n) is 11.2. The number of H-pyrrole nitrogens is 2. The number of aromatic nitrogens is 6. The summed E-state index contributed by atoms with van der Waals surface area (Å²) in [6.45, 7) is 2.75. The van der Waals surface area contributed by atoms with E-state index in [0.717, 1.165) is 63.8 Å². The van der Waals surface area contributed by atoms with Gasteiger partial charge in [0.25, 0.3) is 0 Å². The minimum atomic E-state index is -0.674. The van der Waals surface area contributed by atoms with Gasteiger partial charge in [0.05, 0.1) is 6.33 Å². The molecule has 34 heavy (non-hydrogen) atoms. The Labute approximate surface area is 206 Å². The van der Waals surface area contributed by atoms with Gasteiger partial charge < -0.3 is 4.98 Å². The Bertz CT molecular complexity index is 1440. The molecule has 5 aromatic rings. The number of piperidine rings is 1. The second-order valence-corrected chi connectivity index (χ2v) is 12.2. The van der Waals surface area contributed by atoms with Crippen molar-refractivity contribution < 1.29 is 4.79 Å². The van der Waals surface area contributed by atoms with Crippen LogP contribution in [0.1, 0.15) is 28.2 Å². The Kier molecular flexibility index (Phi) is 5.86. The number of hydrogen-bond acceptors (Lipinski definition) is 7. The van der Waals surface area contributed by atoms with Crippen molar-refractivity contribution >= 4 is 62.9 Å². The fourth-order valence-electron chi connectivity index (χ4n) is 4.32. The van der Waals surface area contributed by atoms with Crippen molar-refractivity contribution in [2.45, 2.75) is 25.4 Å². The molecule has 4 aromatic heterocycles. The van der Waals surface area contributed by atoms with Crippen molar-refractivity contribution in [1.82, 2.24) is 40.3 Å². The third-order valence-corrected chi connectivity index (χ3v) is 9.75. The maximum absolute atomic E-state index is 13.0. The Morgan fingerprint density at radius 3 is 2.97 bits per heavy atom. The summed E-state index contributed by atoms with van der Waals surface area (Å²) in [5.74, 6) is -0.0152. The zero-order valence-corrected chi connectivity index (χ0v) is 21.2. The van der Waals surface area contributed by atoms with Gasteiger partial charge >= 0.3 is 184 Å². The zero-order chi connectivity index (χ0) is 22.9. The molecule has 0 spiro atoms. The van der Waals surface area contributed by atoms with Crippen LogP contribution in [0.4, 0.5) is 0 Å². The molecule has 1 unspecified atom stereocenters. The van der Waals surface area contributed by atoms with Gasteiger partial charge in [0, 0.05) is 6.20 Å². The summed E-state index contributed by atoms with van der Waals surface area (Å²) in [6, 6.07) is 8.53. The average Bonchev–Trinajstić information content (AvgIpc) is 3.61. The molecule has 1 saturated heterocycles. The fourth-order valence-corrected chi connectivity index (χ4v) is 7.73. The van der Waals surface area contributed by atoms with Gasteiger partial charge in [-0.2, -0.15) is 0 Å². The Morgan fingerprint density at radius 2 is 2.12 bits per heavy atom. The van der Waals surface area contributed by atoms with Gasteiger partial charge in [-0.3, -0.25) is 0 Å². The Hall–Kier alpha value is -3.07. The molecule has 1 aromatic carbocycles. The van der Waals surface area contributed by atoms with Crippen molar-refractivity contribution in [2.24, 2.45) is 0 Å². The number of thiophene rings is 1. The van der Waals surface area contributed by atoms with E-state index >= 15 is 0 Å². The van der Waals surface area contributed by atoms with Crippen molar-refractivity contribution in [2.75, 3.05) is 13.1 Å². The molecule has 1 aliphatic heterocycles. The van der Waals surface area contributed by atoms with Crippen molar-refractivity contribution in [3.8, 4) is 0 Å². The third kappa shape index (κ3) is 4.49. The number of likely N-dealkylation sites (tertiary alicyclic amines) is 1. The van der Waals surface area contributed by atoms with Gasteiger partial charge in [0.15, 0.2) is 0 Å². The van der Waals surface area contributed by atoms with E-state index in [1.165, 1.54) is 15.7 Å². The summed E-state index contributed by atoms with van der Waals surface area (Å²) in [5.41, 5.74) is 2.09. The van der Waals surface area contributed by atoms with Crippen molar-refractivity contribution in [3.63, 3.8) is 0 Å². The molecular weight excluding hydrogens is 511 g/mol. The zero-order valence-electron chi connectivity index (χ0n) is 18.3. The van der Waals surface area contributed by atoms with Crippen LogP contribution in [0.2, 0.25) is 0 Å². The third-order valence-electron chi connectivity index (χ3n) is 6.12. The molecule has 0 radical (unpaired) electrons. The average molecular weight is 534 g/mol. The van der Waals surface area contributed by atoms with E-state index in [-0.39, 0.29) is 11.9 Å². The summed E-state index contributed by atoms with van der Waals surface area (Å²) < 4.78 is 2.31.